The van der Waals surface area contributed by atoms with Gasteiger partial charge in [0, 0.05) is 44.7 Å². The summed E-state index contributed by atoms with van der Waals surface area (Å²) >= 11 is 0. The molecule has 0 aromatic heterocycles. The molecule has 0 bridgehead atoms. The predicted molar refractivity (Wildman–Crippen MR) is 210 cm³/mol. The van der Waals surface area contributed by atoms with Gasteiger partial charge in [-0.15, -0.1) is 6.58 Å². The van der Waals surface area contributed by atoms with Crippen molar-refractivity contribution in [3.8, 4) is 11.5 Å². The van der Waals surface area contributed by atoms with E-state index >= 15 is 0 Å². The average Bonchev–Trinajstić information content (AvgIpc) is 3.16. The van der Waals surface area contributed by atoms with Crippen LogP contribution >= 0.6 is 0 Å². The van der Waals surface area contributed by atoms with Gasteiger partial charge < -0.3 is 44.2 Å². The lowest BCUT2D eigenvalue weighted by Gasteiger charge is -2.59. The highest BCUT2D eigenvalue weighted by Crippen LogP contribution is 2.61. The fraction of sp³-hybridized carbons (Fsp3) is 0.558. The van der Waals surface area contributed by atoms with Crippen LogP contribution in [0, 0.1) is 17.8 Å². The topological polar surface area (TPSA) is 148 Å². The Morgan fingerprint density at radius 1 is 1.07 bits per heavy atom. The van der Waals surface area contributed by atoms with Gasteiger partial charge in [0.05, 0.1) is 18.2 Å². The molecule has 3 N–H and O–H groups in total. The number of benzene rings is 2. The van der Waals surface area contributed by atoms with E-state index in [1.54, 1.807) is 30.2 Å². The molecule has 5 rings (SSSR count). The van der Waals surface area contributed by atoms with Gasteiger partial charge in [-0.05, 0) is 94.5 Å². The Bertz CT molecular complexity index is 1670. The fourth-order valence-corrected chi connectivity index (χ4v) is 8.22. The molecule has 1 aliphatic heterocycles. The van der Waals surface area contributed by atoms with Gasteiger partial charge >= 0.3 is 12.2 Å². The van der Waals surface area contributed by atoms with E-state index in [-0.39, 0.29) is 50.6 Å². The number of fused-ring (bicyclic) bond motifs is 2. The van der Waals surface area contributed by atoms with Crippen molar-refractivity contribution in [2.75, 3.05) is 33.4 Å². The summed E-state index contributed by atoms with van der Waals surface area (Å²) in [6, 6.07) is 14.2. The third-order valence-electron chi connectivity index (χ3n) is 10.6. The van der Waals surface area contributed by atoms with Gasteiger partial charge in [-0.1, -0.05) is 60.5 Å². The van der Waals surface area contributed by atoms with Gasteiger partial charge in [0.15, 0.2) is 0 Å². The van der Waals surface area contributed by atoms with Crippen molar-refractivity contribution in [3.63, 3.8) is 0 Å². The van der Waals surface area contributed by atoms with Gasteiger partial charge in [-0.3, -0.25) is 0 Å². The van der Waals surface area contributed by atoms with Crippen LogP contribution in [0.4, 0.5) is 9.59 Å². The first kappa shape index (κ1) is 41.8. The van der Waals surface area contributed by atoms with E-state index in [2.05, 4.69) is 18.0 Å². The maximum atomic E-state index is 14.0. The van der Waals surface area contributed by atoms with Crippen LogP contribution in [0.5, 0.6) is 11.5 Å². The molecule has 1 heterocycles. The van der Waals surface area contributed by atoms with Crippen LogP contribution in [0.1, 0.15) is 89.7 Å². The van der Waals surface area contributed by atoms with Crippen LogP contribution in [-0.2, 0) is 20.9 Å². The van der Waals surface area contributed by atoms with E-state index < -0.39 is 35.5 Å². The number of hydrogen-bond acceptors (Lipinski definition) is 10. The quantitative estimate of drug-likeness (QED) is 0.0847. The Morgan fingerprint density at radius 2 is 1.80 bits per heavy atom. The molecule has 2 amide bonds. The first-order valence-corrected chi connectivity index (χ1v) is 19.6. The lowest BCUT2D eigenvalue weighted by molar-refractivity contribution is -0.253. The minimum absolute atomic E-state index is 0.0203. The number of ether oxygens (including phenoxy) is 4. The maximum Gasteiger partial charge on any atom is 0.412 e. The summed E-state index contributed by atoms with van der Waals surface area (Å²) in [5.41, 5.74) is 2.70. The number of unbranched alkanes of at least 4 members (excludes halogenated alkanes) is 2. The van der Waals surface area contributed by atoms with Crippen LogP contribution in [0.15, 0.2) is 78.0 Å². The smallest absolute Gasteiger partial charge is 0.412 e. The highest BCUT2D eigenvalue weighted by molar-refractivity contribution is 6.03. The second-order valence-electron chi connectivity index (χ2n) is 15.5. The third-order valence-corrected chi connectivity index (χ3v) is 10.6. The number of carbonyl (C=O) groups is 2. The summed E-state index contributed by atoms with van der Waals surface area (Å²) in [7, 11) is 1.70. The summed E-state index contributed by atoms with van der Waals surface area (Å²) in [5.74, 6) is -1.19. The molecular formula is C43H59N3O9. The molecule has 0 unspecified atom stereocenters. The van der Waals surface area contributed by atoms with Crippen LogP contribution in [-0.4, -0.2) is 83.9 Å². The van der Waals surface area contributed by atoms with Crippen LogP contribution in [0.25, 0.3) is 0 Å². The van der Waals surface area contributed by atoms with Gasteiger partial charge in [-0.25, -0.2) is 9.59 Å². The summed E-state index contributed by atoms with van der Waals surface area (Å²) in [4.78, 5) is 34.4. The lowest BCUT2D eigenvalue weighted by Crippen LogP contribution is -2.69. The van der Waals surface area contributed by atoms with Gasteiger partial charge in [0.1, 0.15) is 29.7 Å². The number of oxime groups is 1. The van der Waals surface area contributed by atoms with Gasteiger partial charge in [-0.2, -0.15) is 0 Å². The van der Waals surface area contributed by atoms with Crippen LogP contribution in [0.2, 0.25) is 0 Å². The van der Waals surface area contributed by atoms with Gasteiger partial charge in [0.2, 0.25) is 5.79 Å². The molecule has 12 nitrogen and oxygen atoms in total. The Kier molecular flexibility index (Phi) is 14.4. The minimum Gasteiger partial charge on any atom is -0.459 e. The molecule has 2 aliphatic carbocycles. The number of carbonyl (C=O) groups excluding carboxylic acids is 2. The maximum absolute atomic E-state index is 14.0. The molecular weight excluding hydrogens is 702 g/mol. The summed E-state index contributed by atoms with van der Waals surface area (Å²) in [6.45, 7) is 12.4. The monoisotopic (exact) mass is 761 g/mol. The molecule has 300 valence electrons. The molecule has 0 radical (unpaired) electrons. The number of aliphatic hydroxyl groups is 2. The van der Waals surface area contributed by atoms with Crippen molar-refractivity contribution in [1.82, 2.24) is 10.2 Å². The minimum atomic E-state index is -1.42. The zero-order valence-electron chi connectivity index (χ0n) is 33.0. The molecule has 1 fully saturated rings. The Morgan fingerprint density at radius 3 is 2.47 bits per heavy atom. The second-order valence-corrected chi connectivity index (χ2v) is 15.5. The molecule has 6 atom stereocenters. The van der Waals surface area contributed by atoms with Crippen molar-refractivity contribution >= 4 is 17.9 Å². The highest BCUT2D eigenvalue weighted by atomic mass is 16.7. The standard InChI is InChI=1S/C43H59N3O9/c1-7-24-52-43-37(46(6)41(50)51-28-29-16-10-9-11-17-29)27-35(45-55-42(3,4)5)33-25-30(18-12-14-22-47)32(19-13-15-23-48)38(39(33)43)34-26-31(20-21-36(34)54-43)53-40(49)44-8-2/h7,9-11,16-17,20-21,25-26,30,32,37-39,47-48H,1,8,12-15,18-19,22-24,27-28H2,2-6H3,(H,44,49)/t30-,32+,37-,38+,39+,43+/m0/s1. The number of amides is 2. The number of likely N-dealkylation sites (N-methyl/N-ethyl adjacent to an activating group) is 1. The van der Waals surface area contributed by atoms with E-state index in [9.17, 15) is 19.8 Å². The Labute approximate surface area is 325 Å². The van der Waals surface area contributed by atoms with Crippen molar-refractivity contribution in [1.29, 1.82) is 0 Å². The van der Waals surface area contributed by atoms with Gasteiger partial charge in [0.25, 0.3) is 0 Å². The molecule has 1 saturated carbocycles. The zero-order valence-corrected chi connectivity index (χ0v) is 33.0. The van der Waals surface area contributed by atoms with Crippen molar-refractivity contribution in [2.45, 2.75) is 103 Å². The van der Waals surface area contributed by atoms with Crippen molar-refractivity contribution in [2.24, 2.45) is 22.9 Å². The SMILES string of the molecule is C=CCO[C@@]12Oc3ccc(OC(=O)NCC)cc3[C@H]3[C@H](CCCCO)[C@@H](CCCCO)C=C(C(=NOC(C)(C)C)C[C@@H]1N(C)C(=O)OCc1ccccc1)[C@H]32. The molecule has 0 saturated heterocycles. The predicted octanol–water partition coefficient (Wildman–Crippen LogP) is 7.50. The summed E-state index contributed by atoms with van der Waals surface area (Å²) in [5, 5.41) is 27.1. The number of hydrogen-bond donors (Lipinski definition) is 3. The van der Waals surface area contributed by atoms with E-state index in [1.807, 2.05) is 64.1 Å². The third kappa shape index (κ3) is 9.89. The van der Waals surface area contributed by atoms with E-state index in [0.717, 1.165) is 42.4 Å². The van der Waals surface area contributed by atoms with Crippen molar-refractivity contribution in [3.05, 3.63) is 84.0 Å². The zero-order chi connectivity index (χ0) is 39.6. The average molecular weight is 762 g/mol. The first-order valence-electron chi connectivity index (χ1n) is 19.6. The number of nitrogens with one attached hydrogen (secondary N) is 1. The molecule has 2 aromatic carbocycles. The Balaban J connectivity index is 1.72. The van der Waals surface area contributed by atoms with E-state index in [0.29, 0.717) is 36.6 Å². The number of rotatable bonds is 17. The highest BCUT2D eigenvalue weighted by Gasteiger charge is 2.65. The second kappa shape index (κ2) is 19.0. The molecule has 12 heteroatoms. The molecule has 3 aliphatic rings. The molecule has 0 spiro atoms. The molecule has 2 aromatic rings. The molecule has 55 heavy (non-hydrogen) atoms. The summed E-state index contributed by atoms with van der Waals surface area (Å²) < 4.78 is 25.7. The summed E-state index contributed by atoms with van der Waals surface area (Å²) in [6.07, 6.45) is 7.57. The van der Waals surface area contributed by atoms with E-state index in [4.69, 9.17) is 28.9 Å². The van der Waals surface area contributed by atoms with Crippen LogP contribution < -0.4 is 14.8 Å². The number of nitrogens with zero attached hydrogens (tertiary/aromatic N) is 2. The first-order chi connectivity index (χ1) is 26.5. The largest absolute Gasteiger partial charge is 0.459 e. The fourth-order valence-electron chi connectivity index (χ4n) is 8.22. The van der Waals surface area contributed by atoms with E-state index in [1.165, 1.54) is 0 Å². The number of allylic oxidation sites excluding steroid dienone is 1. The normalized spacial score (nSPS) is 24.7. The van der Waals surface area contributed by atoms with Crippen molar-refractivity contribution < 1.29 is 43.6 Å². The lowest BCUT2D eigenvalue weighted by atomic mass is 9.55. The van der Waals surface area contributed by atoms with Crippen LogP contribution in [0.3, 0.4) is 0 Å². The number of aliphatic hydroxyl groups excluding tert-OH is 2. The Hall–Kier alpha value is -4.39.